The van der Waals surface area contributed by atoms with Gasteiger partial charge in [0.25, 0.3) is 0 Å². The van der Waals surface area contributed by atoms with E-state index in [4.69, 9.17) is 16.3 Å². The highest BCUT2D eigenvalue weighted by Crippen LogP contribution is 2.29. The number of nitro groups is 1. The molecule has 0 unspecified atom stereocenters. The summed E-state index contributed by atoms with van der Waals surface area (Å²) in [4.78, 5) is 10.2. The lowest BCUT2D eigenvalue weighted by molar-refractivity contribution is -0.385. The molecule has 5 heteroatoms. The zero-order chi connectivity index (χ0) is 11.3. The molecule has 0 aliphatic heterocycles. The Hall–Kier alpha value is -1.29. The van der Waals surface area contributed by atoms with E-state index in [1.165, 1.54) is 12.1 Å². The molecular weight excluding hydrogens is 218 g/mol. The Labute approximate surface area is 93.0 Å². The lowest BCUT2D eigenvalue weighted by Crippen LogP contribution is -2.00. The third-order valence-electron chi connectivity index (χ3n) is 1.87. The van der Waals surface area contributed by atoms with E-state index in [1.807, 2.05) is 6.92 Å². The van der Waals surface area contributed by atoms with Gasteiger partial charge in [-0.25, -0.2) is 0 Å². The van der Waals surface area contributed by atoms with Gasteiger partial charge in [-0.15, -0.1) is 0 Å². The summed E-state index contributed by atoms with van der Waals surface area (Å²) in [5.74, 6) is 0.276. The molecule has 0 heterocycles. The molecule has 0 atom stereocenters. The van der Waals surface area contributed by atoms with Gasteiger partial charge in [0.05, 0.1) is 11.5 Å². The van der Waals surface area contributed by atoms with Gasteiger partial charge < -0.3 is 4.74 Å². The number of rotatable bonds is 5. The summed E-state index contributed by atoms with van der Waals surface area (Å²) in [5.41, 5.74) is -0.0846. The highest BCUT2D eigenvalue weighted by molar-refractivity contribution is 6.30. The van der Waals surface area contributed by atoms with Crippen LogP contribution in [0.5, 0.6) is 5.75 Å². The maximum absolute atomic E-state index is 10.7. The second-order valence-electron chi connectivity index (χ2n) is 3.07. The molecule has 0 aliphatic carbocycles. The Morgan fingerprint density at radius 3 is 2.87 bits per heavy atom. The van der Waals surface area contributed by atoms with Crippen molar-refractivity contribution in [2.24, 2.45) is 0 Å². The number of nitro benzene ring substituents is 1. The van der Waals surface area contributed by atoms with E-state index in [-0.39, 0.29) is 11.4 Å². The molecular formula is C10H12ClNO3. The van der Waals surface area contributed by atoms with Crippen molar-refractivity contribution in [1.29, 1.82) is 0 Å². The molecule has 82 valence electrons. The zero-order valence-corrected chi connectivity index (χ0v) is 9.16. The Morgan fingerprint density at radius 2 is 2.27 bits per heavy atom. The van der Waals surface area contributed by atoms with Crippen molar-refractivity contribution in [3.05, 3.63) is 33.3 Å². The molecule has 0 radical (unpaired) electrons. The van der Waals surface area contributed by atoms with Crippen LogP contribution in [0.2, 0.25) is 5.02 Å². The summed E-state index contributed by atoms with van der Waals surface area (Å²) in [6.45, 7) is 2.51. The maximum atomic E-state index is 10.7. The Bertz CT molecular complexity index is 355. The van der Waals surface area contributed by atoms with Crippen molar-refractivity contribution in [2.75, 3.05) is 6.61 Å². The van der Waals surface area contributed by atoms with E-state index < -0.39 is 4.92 Å². The Kier molecular flexibility index (Phi) is 4.37. The van der Waals surface area contributed by atoms with Gasteiger partial charge in [-0.1, -0.05) is 24.9 Å². The first-order valence-corrected chi connectivity index (χ1v) is 5.09. The molecule has 1 aromatic rings. The largest absolute Gasteiger partial charge is 0.487 e. The van der Waals surface area contributed by atoms with Crippen LogP contribution in [0.25, 0.3) is 0 Å². The number of halogens is 1. The number of ether oxygens (including phenoxy) is 1. The fourth-order valence-corrected chi connectivity index (χ4v) is 1.25. The van der Waals surface area contributed by atoms with E-state index in [9.17, 15) is 10.1 Å². The number of benzene rings is 1. The van der Waals surface area contributed by atoms with Crippen LogP contribution in [0.1, 0.15) is 19.8 Å². The standard InChI is InChI=1S/C10H12ClNO3/c1-2-3-6-15-10-5-4-8(11)7-9(10)12(13)14/h4-5,7H,2-3,6H2,1H3. The molecule has 0 aliphatic rings. The summed E-state index contributed by atoms with van der Waals surface area (Å²) in [7, 11) is 0. The average Bonchev–Trinajstić information content (AvgIpc) is 2.20. The van der Waals surface area contributed by atoms with Crippen LogP contribution in [0, 0.1) is 10.1 Å². The van der Waals surface area contributed by atoms with Crippen molar-refractivity contribution in [3.63, 3.8) is 0 Å². The summed E-state index contributed by atoms with van der Waals surface area (Å²) < 4.78 is 5.29. The van der Waals surface area contributed by atoms with Crippen molar-refractivity contribution < 1.29 is 9.66 Å². The van der Waals surface area contributed by atoms with Gasteiger partial charge in [0.15, 0.2) is 5.75 Å². The van der Waals surface area contributed by atoms with E-state index in [0.29, 0.717) is 11.6 Å². The first kappa shape index (κ1) is 11.8. The summed E-state index contributed by atoms with van der Waals surface area (Å²) in [5, 5.41) is 11.0. The second-order valence-corrected chi connectivity index (χ2v) is 3.51. The minimum Gasteiger partial charge on any atom is -0.487 e. The van der Waals surface area contributed by atoms with Gasteiger partial charge in [0.2, 0.25) is 0 Å². The number of hydrogen-bond donors (Lipinski definition) is 0. The normalized spacial score (nSPS) is 10.0. The molecule has 0 spiro atoms. The van der Waals surface area contributed by atoms with Crippen LogP contribution < -0.4 is 4.74 Å². The van der Waals surface area contributed by atoms with Gasteiger partial charge in [-0.05, 0) is 18.6 Å². The minimum absolute atomic E-state index is 0.0846. The van der Waals surface area contributed by atoms with Gasteiger partial charge >= 0.3 is 5.69 Å². The average molecular weight is 230 g/mol. The predicted octanol–water partition coefficient (Wildman–Crippen LogP) is 3.43. The van der Waals surface area contributed by atoms with Crippen LogP contribution >= 0.6 is 11.6 Å². The first-order chi connectivity index (χ1) is 7.15. The molecule has 0 amide bonds. The molecule has 0 aromatic heterocycles. The monoisotopic (exact) mass is 229 g/mol. The molecule has 0 saturated carbocycles. The van der Waals surface area contributed by atoms with E-state index in [1.54, 1.807) is 6.07 Å². The molecule has 0 N–H and O–H groups in total. The Balaban J connectivity index is 2.81. The quantitative estimate of drug-likeness (QED) is 0.442. The molecule has 15 heavy (non-hydrogen) atoms. The second kappa shape index (κ2) is 5.56. The van der Waals surface area contributed by atoms with Crippen molar-refractivity contribution in [1.82, 2.24) is 0 Å². The van der Waals surface area contributed by atoms with Crippen LogP contribution in [0.3, 0.4) is 0 Å². The van der Waals surface area contributed by atoms with Crippen LogP contribution in [0.15, 0.2) is 18.2 Å². The summed E-state index contributed by atoms with van der Waals surface area (Å²) >= 11 is 5.66. The Morgan fingerprint density at radius 1 is 1.53 bits per heavy atom. The molecule has 0 bridgehead atoms. The van der Waals surface area contributed by atoms with E-state index >= 15 is 0 Å². The van der Waals surface area contributed by atoms with Crippen molar-refractivity contribution in [3.8, 4) is 5.75 Å². The molecule has 1 aromatic carbocycles. The predicted molar refractivity (Wildman–Crippen MR) is 58.5 cm³/mol. The van der Waals surface area contributed by atoms with Crippen LogP contribution in [-0.2, 0) is 0 Å². The highest BCUT2D eigenvalue weighted by Gasteiger charge is 2.15. The van der Waals surface area contributed by atoms with Crippen LogP contribution in [0.4, 0.5) is 5.69 Å². The smallest absolute Gasteiger partial charge is 0.312 e. The van der Waals surface area contributed by atoms with Crippen molar-refractivity contribution in [2.45, 2.75) is 19.8 Å². The fourth-order valence-electron chi connectivity index (χ4n) is 1.08. The van der Waals surface area contributed by atoms with E-state index in [0.717, 1.165) is 12.8 Å². The third kappa shape index (κ3) is 3.40. The molecule has 4 nitrogen and oxygen atoms in total. The van der Waals surface area contributed by atoms with Gasteiger partial charge in [0.1, 0.15) is 0 Å². The lowest BCUT2D eigenvalue weighted by atomic mass is 10.3. The van der Waals surface area contributed by atoms with Gasteiger partial charge in [-0.2, -0.15) is 0 Å². The third-order valence-corrected chi connectivity index (χ3v) is 2.11. The summed E-state index contributed by atoms with van der Waals surface area (Å²) in [6.07, 6.45) is 1.86. The maximum Gasteiger partial charge on any atom is 0.312 e. The molecule has 1 rings (SSSR count). The fraction of sp³-hybridized carbons (Fsp3) is 0.400. The summed E-state index contributed by atoms with van der Waals surface area (Å²) in [6, 6.07) is 4.40. The molecule has 0 fully saturated rings. The van der Waals surface area contributed by atoms with Gasteiger partial charge in [0, 0.05) is 11.1 Å². The number of unbranched alkanes of at least 4 members (excludes halogenated alkanes) is 1. The number of hydrogen-bond acceptors (Lipinski definition) is 3. The molecule has 0 saturated heterocycles. The highest BCUT2D eigenvalue weighted by atomic mass is 35.5. The topological polar surface area (TPSA) is 52.4 Å². The first-order valence-electron chi connectivity index (χ1n) is 4.72. The van der Waals surface area contributed by atoms with Crippen molar-refractivity contribution >= 4 is 17.3 Å². The van der Waals surface area contributed by atoms with Crippen LogP contribution in [-0.4, -0.2) is 11.5 Å². The van der Waals surface area contributed by atoms with E-state index in [2.05, 4.69) is 0 Å². The number of nitrogens with zero attached hydrogens (tertiary/aromatic N) is 1. The zero-order valence-electron chi connectivity index (χ0n) is 8.40. The van der Waals surface area contributed by atoms with Gasteiger partial charge in [-0.3, -0.25) is 10.1 Å². The SMILES string of the molecule is CCCCOc1ccc(Cl)cc1[N+](=O)[O-]. The minimum atomic E-state index is -0.493. The lowest BCUT2D eigenvalue weighted by Gasteiger charge is -2.05.